The van der Waals surface area contributed by atoms with Gasteiger partial charge in [0.2, 0.25) is 5.91 Å². The number of carbonyl (C=O) groups excluding carboxylic acids is 3. The molecule has 0 radical (unpaired) electrons. The van der Waals surface area contributed by atoms with Crippen LogP contribution in [0.3, 0.4) is 0 Å². The molecule has 0 atom stereocenters. The summed E-state index contributed by atoms with van der Waals surface area (Å²) in [4.78, 5) is 59.8. The molecule has 306 valence electrons. The Kier molecular flexibility index (Phi) is 37.1. The molecular formula is C41H79N3O8. The van der Waals surface area contributed by atoms with Crippen LogP contribution < -0.4 is 5.32 Å². The first-order valence-electron chi connectivity index (χ1n) is 20.9. The SMILES string of the molecule is C=C(NC(=O)CN(CCOOC)C(=O)COOC)C(=O)OCCN(CCCCCCCCCCCCCC)CCCCCCCCCCCCCC. The summed E-state index contributed by atoms with van der Waals surface area (Å²) in [5.74, 6) is -1.77. The zero-order chi connectivity index (χ0) is 38.3. The standard InChI is InChI=1S/C41H79N3O8/c1-6-8-10-12-14-16-18-20-22-24-26-28-30-43(31-29-27-25-23-21-19-17-15-13-11-9-7-2)32-34-50-41(47)38(3)42-39(45)36-44(33-35-51-48-4)40(46)37-52-49-5/h3,6-37H2,1-2,4-5H3,(H,42,45). The molecule has 0 aliphatic rings. The average molecular weight is 742 g/mol. The summed E-state index contributed by atoms with van der Waals surface area (Å²) in [6, 6.07) is 0. The van der Waals surface area contributed by atoms with E-state index in [1.165, 1.54) is 160 Å². The Morgan fingerprint density at radius 3 is 1.38 bits per heavy atom. The molecule has 0 fully saturated rings. The monoisotopic (exact) mass is 742 g/mol. The van der Waals surface area contributed by atoms with Crippen LogP contribution in [0.15, 0.2) is 12.3 Å². The van der Waals surface area contributed by atoms with Crippen LogP contribution in [0.2, 0.25) is 0 Å². The van der Waals surface area contributed by atoms with E-state index in [4.69, 9.17) is 14.5 Å². The minimum Gasteiger partial charge on any atom is -0.460 e. The minimum absolute atomic E-state index is 0.0422. The number of carbonyl (C=O) groups is 3. The van der Waals surface area contributed by atoms with Crippen LogP contribution in [0.25, 0.3) is 0 Å². The molecule has 0 saturated heterocycles. The Balaban J connectivity index is 4.60. The molecule has 1 N–H and O–H groups in total. The van der Waals surface area contributed by atoms with Gasteiger partial charge in [-0.05, 0) is 25.9 Å². The van der Waals surface area contributed by atoms with E-state index in [1.54, 1.807) is 0 Å². The fraction of sp³-hybridized carbons (Fsp3) is 0.878. The number of amides is 2. The van der Waals surface area contributed by atoms with Crippen molar-refractivity contribution in [2.75, 3.05) is 66.8 Å². The van der Waals surface area contributed by atoms with Gasteiger partial charge in [0.1, 0.15) is 18.8 Å². The highest BCUT2D eigenvalue weighted by Crippen LogP contribution is 2.14. The van der Waals surface area contributed by atoms with E-state index in [0.717, 1.165) is 25.9 Å². The topological polar surface area (TPSA) is 116 Å². The van der Waals surface area contributed by atoms with Crippen molar-refractivity contribution in [3.05, 3.63) is 12.3 Å². The van der Waals surface area contributed by atoms with Crippen LogP contribution >= 0.6 is 0 Å². The molecule has 0 unspecified atom stereocenters. The van der Waals surface area contributed by atoms with Gasteiger partial charge < -0.3 is 15.0 Å². The maximum Gasteiger partial charge on any atom is 0.354 e. The highest BCUT2D eigenvalue weighted by molar-refractivity contribution is 5.94. The van der Waals surface area contributed by atoms with Gasteiger partial charge in [-0.15, -0.1) is 0 Å². The Hall–Kier alpha value is -2.05. The predicted molar refractivity (Wildman–Crippen MR) is 209 cm³/mol. The van der Waals surface area contributed by atoms with Gasteiger partial charge in [0.05, 0.1) is 20.8 Å². The zero-order valence-electron chi connectivity index (χ0n) is 34.0. The largest absolute Gasteiger partial charge is 0.460 e. The number of hydrogen-bond acceptors (Lipinski definition) is 9. The fourth-order valence-corrected chi connectivity index (χ4v) is 6.20. The van der Waals surface area contributed by atoms with Crippen LogP contribution in [0.4, 0.5) is 0 Å². The van der Waals surface area contributed by atoms with Crippen molar-refractivity contribution >= 4 is 17.8 Å². The lowest BCUT2D eigenvalue weighted by Gasteiger charge is -2.23. The summed E-state index contributed by atoms with van der Waals surface area (Å²) in [5, 5.41) is 2.45. The van der Waals surface area contributed by atoms with Crippen LogP contribution in [-0.4, -0.2) is 94.3 Å². The zero-order valence-corrected chi connectivity index (χ0v) is 34.0. The van der Waals surface area contributed by atoms with Crippen LogP contribution in [-0.2, 0) is 38.7 Å². The van der Waals surface area contributed by atoms with Crippen molar-refractivity contribution in [2.24, 2.45) is 0 Å². The lowest BCUT2D eigenvalue weighted by Crippen LogP contribution is -2.44. The molecule has 0 aromatic rings. The van der Waals surface area contributed by atoms with E-state index in [9.17, 15) is 14.4 Å². The number of nitrogens with zero attached hydrogens (tertiary/aromatic N) is 2. The van der Waals surface area contributed by atoms with Crippen molar-refractivity contribution in [1.29, 1.82) is 0 Å². The van der Waals surface area contributed by atoms with Crippen LogP contribution in [0.5, 0.6) is 0 Å². The summed E-state index contributed by atoms with van der Waals surface area (Å²) < 4.78 is 5.50. The Labute approximate surface area is 318 Å². The first-order valence-corrected chi connectivity index (χ1v) is 20.9. The Morgan fingerprint density at radius 1 is 0.538 bits per heavy atom. The quantitative estimate of drug-likeness (QED) is 0.0216. The molecule has 11 heteroatoms. The van der Waals surface area contributed by atoms with E-state index in [2.05, 4.69) is 40.4 Å². The fourth-order valence-electron chi connectivity index (χ4n) is 6.20. The van der Waals surface area contributed by atoms with Crippen LogP contribution in [0, 0.1) is 0 Å². The van der Waals surface area contributed by atoms with Crippen molar-refractivity contribution in [1.82, 2.24) is 15.1 Å². The predicted octanol–water partition coefficient (Wildman–Crippen LogP) is 8.85. The summed E-state index contributed by atoms with van der Waals surface area (Å²) in [7, 11) is 2.63. The number of unbranched alkanes of at least 4 members (excludes halogenated alkanes) is 22. The number of rotatable bonds is 40. The summed E-state index contributed by atoms with van der Waals surface area (Å²) in [6.45, 7) is 10.5. The molecule has 52 heavy (non-hydrogen) atoms. The molecule has 2 amide bonds. The van der Waals surface area contributed by atoms with Crippen LogP contribution in [0.1, 0.15) is 168 Å². The second-order valence-electron chi connectivity index (χ2n) is 14.0. The minimum atomic E-state index is -0.688. The number of esters is 1. The lowest BCUT2D eigenvalue weighted by molar-refractivity contribution is -0.276. The van der Waals surface area contributed by atoms with Gasteiger partial charge in [0.15, 0.2) is 6.61 Å². The van der Waals surface area contributed by atoms with Gasteiger partial charge in [-0.25, -0.2) is 24.3 Å². The molecule has 0 saturated carbocycles. The first kappa shape index (κ1) is 49.9. The molecule has 0 spiro atoms. The third-order valence-electron chi connectivity index (χ3n) is 9.38. The molecule has 0 aliphatic carbocycles. The second-order valence-corrected chi connectivity index (χ2v) is 14.0. The lowest BCUT2D eigenvalue weighted by atomic mass is 10.0. The molecule has 11 nitrogen and oxygen atoms in total. The third-order valence-corrected chi connectivity index (χ3v) is 9.38. The molecular weight excluding hydrogens is 662 g/mol. The van der Waals surface area contributed by atoms with E-state index < -0.39 is 17.8 Å². The summed E-state index contributed by atoms with van der Waals surface area (Å²) >= 11 is 0. The Morgan fingerprint density at radius 2 is 0.962 bits per heavy atom. The summed E-state index contributed by atoms with van der Waals surface area (Å²) in [5.41, 5.74) is -0.174. The van der Waals surface area contributed by atoms with Crippen molar-refractivity contribution in [3.8, 4) is 0 Å². The molecule has 0 bridgehead atoms. The molecule has 0 aliphatic heterocycles. The van der Waals surface area contributed by atoms with Crippen molar-refractivity contribution in [2.45, 2.75) is 168 Å². The van der Waals surface area contributed by atoms with Crippen molar-refractivity contribution in [3.63, 3.8) is 0 Å². The highest BCUT2D eigenvalue weighted by atomic mass is 17.2. The van der Waals surface area contributed by atoms with Gasteiger partial charge in [-0.2, -0.15) is 0 Å². The molecule has 0 rings (SSSR count). The Bertz CT molecular complexity index is 832. The molecule has 0 aromatic heterocycles. The third kappa shape index (κ3) is 32.6. The van der Waals surface area contributed by atoms with Gasteiger partial charge >= 0.3 is 5.97 Å². The number of nitrogens with one attached hydrogen (secondary N) is 1. The number of hydrogen-bond donors (Lipinski definition) is 1. The van der Waals surface area contributed by atoms with Gasteiger partial charge in [-0.3, -0.25) is 14.5 Å². The normalized spacial score (nSPS) is 11.2. The van der Waals surface area contributed by atoms with Gasteiger partial charge in [0, 0.05) is 13.1 Å². The highest BCUT2D eigenvalue weighted by Gasteiger charge is 2.20. The van der Waals surface area contributed by atoms with Gasteiger partial charge in [-0.1, -0.05) is 162 Å². The summed E-state index contributed by atoms with van der Waals surface area (Å²) in [6.07, 6.45) is 31.7. The van der Waals surface area contributed by atoms with Gasteiger partial charge in [0.25, 0.3) is 5.91 Å². The maximum absolute atomic E-state index is 12.7. The maximum atomic E-state index is 12.7. The second kappa shape index (κ2) is 38.7. The molecule has 0 heterocycles. The van der Waals surface area contributed by atoms with Crippen molar-refractivity contribution < 1.29 is 38.7 Å². The van der Waals surface area contributed by atoms with E-state index in [-0.39, 0.29) is 38.6 Å². The first-order chi connectivity index (χ1) is 25.4. The average Bonchev–Trinajstić information content (AvgIpc) is 3.13. The smallest absolute Gasteiger partial charge is 0.354 e. The molecule has 0 aromatic carbocycles. The van der Waals surface area contributed by atoms with E-state index in [0.29, 0.717) is 6.54 Å². The number of ether oxygens (including phenoxy) is 1. The van der Waals surface area contributed by atoms with E-state index >= 15 is 0 Å². The van der Waals surface area contributed by atoms with E-state index in [1.807, 2.05) is 0 Å².